The number of rotatable bonds is 4. The molecule has 32 heavy (non-hydrogen) atoms. The minimum Gasteiger partial charge on any atom is -0.350 e. The number of nitrogens with one attached hydrogen (secondary N) is 1. The van der Waals surface area contributed by atoms with E-state index in [4.69, 9.17) is 0 Å². The molecule has 0 unspecified atom stereocenters. The molecule has 0 fully saturated rings. The van der Waals surface area contributed by atoms with Crippen molar-refractivity contribution in [1.29, 1.82) is 0 Å². The van der Waals surface area contributed by atoms with Gasteiger partial charge in [-0.2, -0.15) is 0 Å². The third-order valence-electron chi connectivity index (χ3n) is 5.53. The van der Waals surface area contributed by atoms with Crippen LogP contribution < -0.4 is 10.2 Å². The molecule has 5 heteroatoms. The number of imide groups is 1. The lowest BCUT2D eigenvalue weighted by Crippen LogP contribution is -2.32. The molecule has 1 aliphatic rings. The first-order valence-corrected chi connectivity index (χ1v) is 10.5. The zero-order valence-electron chi connectivity index (χ0n) is 18.6. The van der Waals surface area contributed by atoms with Gasteiger partial charge in [-0.05, 0) is 59.9 Å². The first-order valence-electron chi connectivity index (χ1n) is 10.5. The Morgan fingerprint density at radius 2 is 1.38 bits per heavy atom. The van der Waals surface area contributed by atoms with E-state index in [0.717, 1.165) is 16.0 Å². The van der Waals surface area contributed by atoms with E-state index in [0.29, 0.717) is 16.9 Å². The Morgan fingerprint density at radius 1 is 0.781 bits per heavy atom. The molecule has 1 heterocycles. The van der Waals surface area contributed by atoms with Gasteiger partial charge in [0.1, 0.15) is 11.5 Å². The summed E-state index contributed by atoms with van der Waals surface area (Å²) in [5, 5.41) is 3.15. The second-order valence-corrected chi connectivity index (χ2v) is 8.99. The molecule has 0 saturated heterocycles. The highest BCUT2D eigenvalue weighted by atomic mass is 19.1. The normalized spacial score (nSPS) is 14.3. The molecule has 1 N–H and O–H groups in total. The van der Waals surface area contributed by atoms with E-state index in [1.54, 1.807) is 12.1 Å². The zero-order chi connectivity index (χ0) is 23.0. The number of hydrogen-bond donors (Lipinski definition) is 1. The number of hydrogen-bond acceptors (Lipinski definition) is 3. The molecule has 0 saturated carbocycles. The van der Waals surface area contributed by atoms with Crippen LogP contribution >= 0.6 is 0 Å². The summed E-state index contributed by atoms with van der Waals surface area (Å²) < 4.78 is 13.5. The molecule has 3 aromatic rings. The van der Waals surface area contributed by atoms with Crippen LogP contribution in [-0.4, -0.2) is 11.8 Å². The average molecular weight is 429 g/mol. The number of nitrogens with zero attached hydrogens (tertiary/aromatic N) is 1. The Bertz CT molecular complexity index is 1200. The fourth-order valence-corrected chi connectivity index (χ4v) is 3.66. The smallest absolute Gasteiger partial charge is 0.282 e. The molecule has 0 aromatic heterocycles. The highest BCUT2D eigenvalue weighted by Crippen LogP contribution is 2.34. The second-order valence-electron chi connectivity index (χ2n) is 8.99. The van der Waals surface area contributed by atoms with Gasteiger partial charge in [0.2, 0.25) is 0 Å². The van der Waals surface area contributed by atoms with Crippen LogP contribution in [0.4, 0.5) is 15.8 Å². The molecule has 0 radical (unpaired) electrons. The summed E-state index contributed by atoms with van der Waals surface area (Å²) in [6, 6.07) is 20.6. The lowest BCUT2D eigenvalue weighted by Gasteiger charge is -2.19. The second kappa shape index (κ2) is 8.08. The Kier molecular flexibility index (Phi) is 5.43. The molecule has 2 amide bonds. The molecule has 0 atom stereocenters. The summed E-state index contributed by atoms with van der Waals surface area (Å²) in [6.45, 7) is 8.32. The highest BCUT2D eigenvalue weighted by Gasteiger charge is 2.40. The summed E-state index contributed by atoms with van der Waals surface area (Å²) in [7, 11) is 0. The number of carbonyl (C=O) groups is 2. The van der Waals surface area contributed by atoms with Gasteiger partial charge in [-0.15, -0.1) is 0 Å². The SMILES string of the molecule is Cc1ccc(N2C(=O)C(Nc3ccc(C(C)(C)C)cc3)=C(c3ccc(F)cc3)C2=O)cc1. The molecule has 3 aromatic carbocycles. The topological polar surface area (TPSA) is 49.4 Å². The van der Waals surface area contributed by atoms with Crippen molar-refractivity contribution in [2.75, 3.05) is 10.2 Å². The number of aryl methyl sites for hydroxylation is 1. The summed E-state index contributed by atoms with van der Waals surface area (Å²) in [5.74, 6) is -1.30. The van der Waals surface area contributed by atoms with Gasteiger partial charge >= 0.3 is 0 Å². The molecule has 0 aliphatic carbocycles. The molecule has 1 aliphatic heterocycles. The van der Waals surface area contributed by atoms with Crippen LogP contribution in [0.5, 0.6) is 0 Å². The van der Waals surface area contributed by atoms with E-state index >= 15 is 0 Å². The van der Waals surface area contributed by atoms with Crippen molar-refractivity contribution in [2.24, 2.45) is 0 Å². The standard InChI is InChI=1S/C27H25FN2O2/c1-17-5-15-22(16-6-17)30-25(31)23(18-7-11-20(28)12-8-18)24(26(30)32)29-21-13-9-19(10-14-21)27(2,3)4/h5-16,29H,1-4H3. The minimum atomic E-state index is -0.446. The van der Waals surface area contributed by atoms with Gasteiger partial charge in [-0.1, -0.05) is 62.7 Å². The Hall–Kier alpha value is -3.73. The summed E-state index contributed by atoms with van der Waals surface area (Å²) in [5.41, 5.74) is 4.24. The Balaban J connectivity index is 1.77. The van der Waals surface area contributed by atoms with Crippen LogP contribution in [0.25, 0.3) is 5.57 Å². The fraction of sp³-hybridized carbons (Fsp3) is 0.185. The van der Waals surface area contributed by atoms with E-state index < -0.39 is 17.6 Å². The van der Waals surface area contributed by atoms with Crippen molar-refractivity contribution in [1.82, 2.24) is 0 Å². The van der Waals surface area contributed by atoms with Gasteiger partial charge in [0.25, 0.3) is 11.8 Å². The first-order chi connectivity index (χ1) is 15.1. The fourth-order valence-electron chi connectivity index (χ4n) is 3.66. The maximum atomic E-state index is 13.5. The molecule has 162 valence electrons. The maximum Gasteiger partial charge on any atom is 0.282 e. The average Bonchev–Trinajstić information content (AvgIpc) is 2.99. The van der Waals surface area contributed by atoms with Crippen LogP contribution in [0.2, 0.25) is 0 Å². The minimum absolute atomic E-state index is 0.00153. The van der Waals surface area contributed by atoms with E-state index in [9.17, 15) is 14.0 Å². The molecule has 4 nitrogen and oxygen atoms in total. The molecular weight excluding hydrogens is 403 g/mol. The highest BCUT2D eigenvalue weighted by molar-refractivity contribution is 6.46. The van der Waals surface area contributed by atoms with E-state index in [-0.39, 0.29) is 16.7 Å². The molecular formula is C27H25FN2O2. The monoisotopic (exact) mass is 428 g/mol. The number of carbonyl (C=O) groups excluding carboxylic acids is 2. The third kappa shape index (κ3) is 4.06. The summed E-state index contributed by atoms with van der Waals surface area (Å²) in [4.78, 5) is 27.9. The van der Waals surface area contributed by atoms with E-state index in [2.05, 4.69) is 26.1 Å². The van der Waals surface area contributed by atoms with Crippen molar-refractivity contribution in [3.05, 3.63) is 101 Å². The summed E-state index contributed by atoms with van der Waals surface area (Å²) in [6.07, 6.45) is 0. The van der Waals surface area contributed by atoms with Gasteiger partial charge in [0.15, 0.2) is 0 Å². The van der Waals surface area contributed by atoms with E-state index in [1.807, 2.05) is 43.3 Å². The first kappa shape index (κ1) is 21.5. The lowest BCUT2D eigenvalue weighted by atomic mass is 9.87. The van der Waals surface area contributed by atoms with Crippen LogP contribution in [0.3, 0.4) is 0 Å². The largest absolute Gasteiger partial charge is 0.350 e. The summed E-state index contributed by atoms with van der Waals surface area (Å²) >= 11 is 0. The third-order valence-corrected chi connectivity index (χ3v) is 5.53. The zero-order valence-corrected chi connectivity index (χ0v) is 18.6. The van der Waals surface area contributed by atoms with Crippen molar-refractivity contribution >= 4 is 28.8 Å². The van der Waals surface area contributed by atoms with Crippen LogP contribution in [0.15, 0.2) is 78.5 Å². The molecule has 4 rings (SSSR count). The number of amides is 2. The lowest BCUT2D eigenvalue weighted by molar-refractivity contribution is -0.120. The molecule has 0 bridgehead atoms. The van der Waals surface area contributed by atoms with Crippen LogP contribution in [0.1, 0.15) is 37.5 Å². The predicted molar refractivity (Wildman–Crippen MR) is 126 cm³/mol. The predicted octanol–water partition coefficient (Wildman–Crippen LogP) is 5.83. The van der Waals surface area contributed by atoms with Gasteiger partial charge in [-0.25, -0.2) is 9.29 Å². The van der Waals surface area contributed by atoms with Crippen molar-refractivity contribution in [2.45, 2.75) is 33.1 Å². The number of halogens is 1. The van der Waals surface area contributed by atoms with Crippen molar-refractivity contribution < 1.29 is 14.0 Å². The quantitative estimate of drug-likeness (QED) is 0.532. The Labute approximate surface area is 187 Å². The van der Waals surface area contributed by atoms with Crippen LogP contribution in [-0.2, 0) is 15.0 Å². The van der Waals surface area contributed by atoms with Gasteiger partial charge < -0.3 is 5.32 Å². The van der Waals surface area contributed by atoms with Crippen molar-refractivity contribution in [3.8, 4) is 0 Å². The maximum absolute atomic E-state index is 13.5. The molecule has 0 spiro atoms. The van der Waals surface area contributed by atoms with Crippen molar-refractivity contribution in [3.63, 3.8) is 0 Å². The Morgan fingerprint density at radius 3 is 1.94 bits per heavy atom. The van der Waals surface area contributed by atoms with Gasteiger partial charge in [0.05, 0.1) is 11.3 Å². The van der Waals surface area contributed by atoms with Gasteiger partial charge in [-0.3, -0.25) is 9.59 Å². The number of benzene rings is 3. The van der Waals surface area contributed by atoms with Gasteiger partial charge in [0, 0.05) is 5.69 Å². The van der Waals surface area contributed by atoms with E-state index in [1.165, 1.54) is 24.3 Å². The number of anilines is 2. The van der Waals surface area contributed by atoms with Crippen LogP contribution in [0, 0.1) is 12.7 Å².